The molecule has 1 N–H and O–H groups in total. The lowest BCUT2D eigenvalue weighted by molar-refractivity contribution is -0.142. The predicted molar refractivity (Wildman–Crippen MR) is 151 cm³/mol. The van der Waals surface area contributed by atoms with Crippen LogP contribution < -0.4 is 10.1 Å². The second-order valence-corrected chi connectivity index (χ2v) is 11.0. The Hall–Kier alpha value is -2.64. The van der Waals surface area contributed by atoms with Crippen LogP contribution in [-0.2, 0) is 22.6 Å². The number of carbonyl (C=O) groups excluding carboxylic acids is 2. The number of nitrogens with zero attached hydrogens (tertiary/aromatic N) is 1. The first-order valence-corrected chi connectivity index (χ1v) is 13.6. The Morgan fingerprint density at radius 2 is 1.67 bits per heavy atom. The fourth-order valence-electron chi connectivity index (χ4n) is 3.74. The summed E-state index contributed by atoms with van der Waals surface area (Å²) < 4.78 is 7.76. The van der Waals surface area contributed by atoms with Gasteiger partial charge in [-0.1, -0.05) is 88.2 Å². The van der Waals surface area contributed by atoms with Crippen LogP contribution in [0.2, 0.25) is 0 Å². The van der Waals surface area contributed by atoms with E-state index in [0.717, 1.165) is 25.6 Å². The van der Waals surface area contributed by atoms with E-state index in [0.29, 0.717) is 24.6 Å². The second kappa shape index (κ2) is 13.6. The molecule has 36 heavy (non-hydrogen) atoms. The summed E-state index contributed by atoms with van der Waals surface area (Å²) in [6.45, 7) is 6.71. The van der Waals surface area contributed by atoms with Gasteiger partial charge in [-0.3, -0.25) is 9.59 Å². The van der Waals surface area contributed by atoms with Gasteiger partial charge in [-0.15, -0.1) is 0 Å². The van der Waals surface area contributed by atoms with Crippen molar-refractivity contribution < 1.29 is 14.3 Å². The molecular formula is C29H32Br2N2O3. The number of benzene rings is 3. The molecule has 3 aromatic carbocycles. The Kier molecular flexibility index (Phi) is 10.6. The third kappa shape index (κ3) is 8.49. The number of amides is 2. The Morgan fingerprint density at radius 3 is 2.33 bits per heavy atom. The van der Waals surface area contributed by atoms with Gasteiger partial charge in [0.05, 0.1) is 0 Å². The highest BCUT2D eigenvalue weighted by Gasteiger charge is 2.30. The van der Waals surface area contributed by atoms with E-state index in [1.165, 1.54) is 0 Å². The van der Waals surface area contributed by atoms with Gasteiger partial charge in [0.25, 0.3) is 5.91 Å². The maximum Gasteiger partial charge on any atom is 0.261 e. The minimum atomic E-state index is -0.687. The predicted octanol–water partition coefficient (Wildman–Crippen LogP) is 6.31. The third-order valence-corrected chi connectivity index (χ3v) is 7.07. The average Bonchev–Trinajstić information content (AvgIpc) is 2.86. The quantitative estimate of drug-likeness (QED) is 0.275. The first kappa shape index (κ1) is 27.9. The topological polar surface area (TPSA) is 58.6 Å². The molecule has 0 spiro atoms. The van der Waals surface area contributed by atoms with E-state index in [9.17, 15) is 9.59 Å². The van der Waals surface area contributed by atoms with E-state index >= 15 is 0 Å². The summed E-state index contributed by atoms with van der Waals surface area (Å²) in [5, 5.41) is 3.03. The summed E-state index contributed by atoms with van der Waals surface area (Å²) in [4.78, 5) is 28.7. The zero-order valence-electron chi connectivity index (χ0n) is 20.8. The molecule has 0 unspecified atom stereocenters. The monoisotopic (exact) mass is 614 g/mol. The number of aryl methyl sites for hydroxylation is 1. The first-order valence-electron chi connectivity index (χ1n) is 12.0. The molecule has 0 radical (unpaired) electrons. The van der Waals surface area contributed by atoms with Gasteiger partial charge >= 0.3 is 0 Å². The lowest BCUT2D eigenvalue weighted by atomic mass is 10.0. The molecule has 2 amide bonds. The van der Waals surface area contributed by atoms with Crippen LogP contribution in [0.1, 0.15) is 30.5 Å². The van der Waals surface area contributed by atoms with E-state index in [-0.39, 0.29) is 25.0 Å². The Morgan fingerprint density at radius 1 is 0.944 bits per heavy atom. The summed E-state index contributed by atoms with van der Waals surface area (Å²) in [6, 6.07) is 22.5. The van der Waals surface area contributed by atoms with Crippen LogP contribution in [0, 0.1) is 12.8 Å². The molecule has 190 valence electrons. The van der Waals surface area contributed by atoms with Crippen molar-refractivity contribution in [1.29, 1.82) is 0 Å². The van der Waals surface area contributed by atoms with Crippen LogP contribution in [0.3, 0.4) is 0 Å². The first-order chi connectivity index (χ1) is 17.2. The number of carbonyl (C=O) groups is 2. The Labute approximate surface area is 230 Å². The summed E-state index contributed by atoms with van der Waals surface area (Å²) >= 11 is 7.00. The fraction of sp³-hybridized carbons (Fsp3) is 0.310. The van der Waals surface area contributed by atoms with Crippen LogP contribution >= 0.6 is 31.9 Å². The molecule has 5 nitrogen and oxygen atoms in total. The smallest absolute Gasteiger partial charge is 0.261 e. The third-order valence-electron chi connectivity index (χ3n) is 5.69. The minimum Gasteiger partial charge on any atom is -0.484 e. The van der Waals surface area contributed by atoms with Gasteiger partial charge in [0.1, 0.15) is 11.8 Å². The SMILES string of the molecule is Cc1cc(OCC(=O)N(Cc2cccc(Br)c2)[C@H](Cc2ccccc2)C(=O)NCC(C)C)ccc1Br. The lowest BCUT2D eigenvalue weighted by Crippen LogP contribution is -2.52. The molecule has 3 rings (SSSR count). The number of nitrogens with one attached hydrogen (secondary N) is 1. The summed E-state index contributed by atoms with van der Waals surface area (Å²) in [5.74, 6) is 0.478. The van der Waals surface area contributed by atoms with Gasteiger partial charge in [0.2, 0.25) is 5.91 Å². The Bertz CT molecular complexity index is 1170. The Balaban J connectivity index is 1.90. The minimum absolute atomic E-state index is 0.169. The van der Waals surface area contributed by atoms with Gasteiger partial charge in [0, 0.05) is 28.5 Å². The molecule has 0 saturated carbocycles. The van der Waals surface area contributed by atoms with Crippen molar-refractivity contribution in [1.82, 2.24) is 10.2 Å². The second-order valence-electron chi connectivity index (χ2n) is 9.20. The molecule has 0 aliphatic heterocycles. The zero-order chi connectivity index (χ0) is 26.1. The highest BCUT2D eigenvalue weighted by molar-refractivity contribution is 9.10. The van der Waals surface area contributed by atoms with E-state index in [1.807, 2.05) is 93.6 Å². The standard InChI is InChI=1S/C29H32Br2N2O3/c1-20(2)17-32-29(35)27(16-22-8-5-4-6-9-22)33(18-23-10-7-11-24(30)15-23)28(34)19-36-25-12-13-26(31)21(3)14-25/h4-15,20,27H,16-19H2,1-3H3,(H,32,35)/t27-/m1/s1. The van der Waals surface area contributed by atoms with Crippen molar-refractivity contribution in [2.75, 3.05) is 13.2 Å². The van der Waals surface area contributed by atoms with Crippen molar-refractivity contribution in [3.8, 4) is 5.75 Å². The van der Waals surface area contributed by atoms with Crippen molar-refractivity contribution in [3.63, 3.8) is 0 Å². The largest absolute Gasteiger partial charge is 0.484 e. The molecule has 3 aromatic rings. The number of ether oxygens (including phenoxy) is 1. The molecule has 0 bridgehead atoms. The summed E-state index contributed by atoms with van der Waals surface area (Å²) in [7, 11) is 0. The number of hydrogen-bond acceptors (Lipinski definition) is 3. The number of hydrogen-bond donors (Lipinski definition) is 1. The van der Waals surface area contributed by atoms with Gasteiger partial charge in [-0.2, -0.15) is 0 Å². The molecule has 0 saturated heterocycles. The van der Waals surface area contributed by atoms with Crippen molar-refractivity contribution in [3.05, 3.63) is 98.4 Å². The van der Waals surface area contributed by atoms with Crippen molar-refractivity contribution in [2.24, 2.45) is 5.92 Å². The van der Waals surface area contributed by atoms with Gasteiger partial charge in [-0.05, 0) is 59.9 Å². The van der Waals surface area contributed by atoms with E-state index in [4.69, 9.17) is 4.74 Å². The van der Waals surface area contributed by atoms with Crippen LogP contribution in [0.25, 0.3) is 0 Å². The van der Waals surface area contributed by atoms with Crippen LogP contribution in [-0.4, -0.2) is 35.9 Å². The molecular weight excluding hydrogens is 584 g/mol. The highest BCUT2D eigenvalue weighted by atomic mass is 79.9. The highest BCUT2D eigenvalue weighted by Crippen LogP contribution is 2.22. The number of rotatable bonds is 11. The molecule has 1 atom stereocenters. The van der Waals surface area contributed by atoms with Gasteiger partial charge < -0.3 is 15.0 Å². The maximum absolute atomic E-state index is 13.6. The van der Waals surface area contributed by atoms with Crippen molar-refractivity contribution >= 4 is 43.7 Å². The van der Waals surface area contributed by atoms with E-state index < -0.39 is 6.04 Å². The molecule has 0 aromatic heterocycles. The molecule has 0 fully saturated rings. The summed E-state index contributed by atoms with van der Waals surface area (Å²) in [6.07, 6.45) is 0.405. The average molecular weight is 616 g/mol. The molecule has 0 aliphatic carbocycles. The molecule has 0 heterocycles. The summed E-state index contributed by atoms with van der Waals surface area (Å²) in [5.41, 5.74) is 2.92. The fourth-order valence-corrected chi connectivity index (χ4v) is 4.44. The van der Waals surface area contributed by atoms with Crippen LogP contribution in [0.15, 0.2) is 81.7 Å². The van der Waals surface area contributed by atoms with Crippen LogP contribution in [0.4, 0.5) is 0 Å². The number of halogens is 2. The lowest BCUT2D eigenvalue weighted by Gasteiger charge is -2.31. The maximum atomic E-state index is 13.6. The van der Waals surface area contributed by atoms with E-state index in [1.54, 1.807) is 4.90 Å². The molecule has 7 heteroatoms. The van der Waals surface area contributed by atoms with Gasteiger partial charge in [0.15, 0.2) is 6.61 Å². The molecule has 0 aliphatic rings. The van der Waals surface area contributed by atoms with Gasteiger partial charge in [-0.25, -0.2) is 0 Å². The van der Waals surface area contributed by atoms with Crippen LogP contribution in [0.5, 0.6) is 5.75 Å². The zero-order valence-corrected chi connectivity index (χ0v) is 24.0. The normalized spacial score (nSPS) is 11.7. The van der Waals surface area contributed by atoms with E-state index in [2.05, 4.69) is 37.2 Å². The van der Waals surface area contributed by atoms with Crippen molar-refractivity contribution in [2.45, 2.75) is 39.8 Å².